The average molecular weight is 325 g/mol. The van der Waals surface area contributed by atoms with Crippen LogP contribution in [0.1, 0.15) is 17.3 Å². The van der Waals surface area contributed by atoms with Crippen molar-refractivity contribution >= 4 is 29.8 Å². The molecule has 3 heterocycles. The van der Waals surface area contributed by atoms with Crippen LogP contribution in [0.5, 0.6) is 0 Å². The van der Waals surface area contributed by atoms with Crippen LogP contribution in [0.15, 0.2) is 60.6 Å². The number of benzene rings is 1. The van der Waals surface area contributed by atoms with Gasteiger partial charge in [0.2, 0.25) is 0 Å². The summed E-state index contributed by atoms with van der Waals surface area (Å²) in [6.07, 6.45) is 2.89. The number of hydrogen-bond acceptors (Lipinski definition) is 8. The zero-order valence-corrected chi connectivity index (χ0v) is 12.9. The van der Waals surface area contributed by atoms with E-state index in [0.717, 1.165) is 5.56 Å². The fourth-order valence-corrected chi connectivity index (χ4v) is 2.67. The van der Waals surface area contributed by atoms with Crippen LogP contribution in [0, 0.1) is 0 Å². The maximum atomic E-state index is 12.1. The summed E-state index contributed by atoms with van der Waals surface area (Å²) in [6, 6.07) is 9.66. The van der Waals surface area contributed by atoms with Crippen molar-refractivity contribution in [3.05, 3.63) is 51.8 Å². The summed E-state index contributed by atoms with van der Waals surface area (Å²) in [6.45, 7) is 0. The fraction of sp³-hybridized carbons (Fsp3) is 0.143. The number of fused-ring (bicyclic) bond motifs is 2. The Kier molecular flexibility index (Phi) is 3.27. The Bertz CT molecular complexity index is 903. The van der Waals surface area contributed by atoms with E-state index in [2.05, 4.69) is 30.3 Å². The smallest absolute Gasteiger partial charge is 0.269 e. The van der Waals surface area contributed by atoms with Gasteiger partial charge in [0.25, 0.3) is 11.5 Å². The highest BCUT2D eigenvalue weighted by molar-refractivity contribution is 7.98. The second kappa shape index (κ2) is 5.43. The topological polar surface area (TPSA) is 98.4 Å². The van der Waals surface area contributed by atoms with Crippen molar-refractivity contribution in [2.75, 3.05) is 6.26 Å². The first-order valence-corrected chi connectivity index (χ1v) is 8.05. The Hall–Kier alpha value is -2.81. The zero-order chi connectivity index (χ0) is 15.8. The highest BCUT2D eigenvalue weighted by atomic mass is 32.2. The third-order valence-corrected chi connectivity index (χ3v) is 3.99. The summed E-state index contributed by atoms with van der Waals surface area (Å²) < 4.78 is 0. The Morgan fingerprint density at radius 3 is 2.87 bits per heavy atom. The van der Waals surface area contributed by atoms with E-state index in [1.165, 1.54) is 18.0 Å². The van der Waals surface area contributed by atoms with Crippen molar-refractivity contribution in [3.8, 4) is 0 Å². The predicted molar refractivity (Wildman–Crippen MR) is 87.2 cm³/mol. The Balaban J connectivity index is 1.80. The highest BCUT2D eigenvalue weighted by Crippen LogP contribution is 2.31. The number of H-pyrrole nitrogens is 1. The minimum atomic E-state index is -0.389. The molecule has 0 fully saturated rings. The number of nitrogens with zero attached hydrogens (tertiary/aromatic N) is 6. The minimum Gasteiger partial charge on any atom is -0.301 e. The molecule has 23 heavy (non-hydrogen) atoms. The third-order valence-electron chi connectivity index (χ3n) is 3.41. The number of aromatic nitrogens is 2. The van der Waals surface area contributed by atoms with Crippen molar-refractivity contribution < 1.29 is 0 Å². The predicted octanol–water partition coefficient (Wildman–Crippen LogP) is 2.29. The van der Waals surface area contributed by atoms with E-state index in [4.69, 9.17) is 0 Å². The van der Waals surface area contributed by atoms with Gasteiger partial charge in [0.15, 0.2) is 17.1 Å². The van der Waals surface area contributed by atoms with E-state index in [9.17, 15) is 4.79 Å². The van der Waals surface area contributed by atoms with Gasteiger partial charge in [0.05, 0.1) is 6.21 Å². The molecule has 2 aromatic rings. The average Bonchev–Trinajstić information content (AvgIpc) is 2.88. The summed E-state index contributed by atoms with van der Waals surface area (Å²) in [5.41, 5.74) is 0.977. The van der Waals surface area contributed by atoms with Gasteiger partial charge in [-0.15, -0.1) is 5.11 Å². The summed E-state index contributed by atoms with van der Waals surface area (Å²) in [7, 11) is 0. The van der Waals surface area contributed by atoms with Crippen LogP contribution in [0.2, 0.25) is 0 Å². The molecule has 0 bridgehead atoms. The van der Waals surface area contributed by atoms with E-state index in [0.29, 0.717) is 22.5 Å². The molecular formula is C14H11N7OS. The molecule has 1 N–H and O–H groups in total. The standard InChI is InChI=1S/C14H11N7OS/c1-23-14-17-10-9(12(22)18-14)7-15-21-11(19-20-13(21)16-10)8-5-3-2-4-6-8/h2-7,11H,1H3,(H,17,18,22). The lowest BCUT2D eigenvalue weighted by molar-refractivity contribution is 0.363. The summed E-state index contributed by atoms with van der Waals surface area (Å²) >= 11 is 1.34. The lowest BCUT2D eigenvalue weighted by atomic mass is 10.2. The summed E-state index contributed by atoms with van der Waals surface area (Å²) in [5, 5.41) is 14.7. The van der Waals surface area contributed by atoms with Gasteiger partial charge >= 0.3 is 0 Å². The lowest BCUT2D eigenvalue weighted by Crippen LogP contribution is -2.22. The van der Waals surface area contributed by atoms with E-state index >= 15 is 0 Å². The number of thioether (sulfide) groups is 1. The van der Waals surface area contributed by atoms with Crippen LogP contribution in [-0.4, -0.2) is 33.4 Å². The van der Waals surface area contributed by atoms with Crippen molar-refractivity contribution in [3.63, 3.8) is 0 Å². The molecular weight excluding hydrogens is 314 g/mol. The van der Waals surface area contributed by atoms with E-state index in [1.54, 1.807) is 5.01 Å². The zero-order valence-electron chi connectivity index (χ0n) is 12.0. The number of nitrogens with one attached hydrogen (secondary N) is 1. The number of hydrazone groups is 1. The lowest BCUT2D eigenvalue weighted by Gasteiger charge is -2.16. The van der Waals surface area contributed by atoms with Gasteiger partial charge in [-0.3, -0.25) is 4.79 Å². The second-order valence-corrected chi connectivity index (χ2v) is 5.61. The van der Waals surface area contributed by atoms with Gasteiger partial charge in [-0.2, -0.15) is 20.2 Å². The third kappa shape index (κ3) is 2.34. The highest BCUT2D eigenvalue weighted by Gasteiger charge is 2.31. The molecule has 0 aliphatic carbocycles. The van der Waals surface area contributed by atoms with Gasteiger partial charge in [-0.05, 0) is 6.26 Å². The van der Waals surface area contributed by atoms with Crippen molar-refractivity contribution in [2.45, 2.75) is 11.3 Å². The van der Waals surface area contributed by atoms with Crippen LogP contribution in [0.4, 0.5) is 5.82 Å². The van der Waals surface area contributed by atoms with Crippen LogP contribution in [0.3, 0.4) is 0 Å². The Labute approximate surface area is 135 Å². The molecule has 0 spiro atoms. The van der Waals surface area contributed by atoms with E-state index in [-0.39, 0.29) is 11.7 Å². The number of azo groups is 1. The molecule has 4 rings (SSSR count). The summed E-state index contributed by atoms with van der Waals surface area (Å²) in [4.78, 5) is 23.5. The van der Waals surface area contributed by atoms with Crippen LogP contribution in [0.25, 0.3) is 0 Å². The van der Waals surface area contributed by atoms with Crippen LogP contribution >= 0.6 is 11.8 Å². The molecule has 0 radical (unpaired) electrons. The number of aliphatic imine (C=N–C) groups is 1. The molecule has 2 aliphatic heterocycles. The van der Waals surface area contributed by atoms with Gasteiger partial charge in [-0.25, -0.2) is 4.98 Å². The van der Waals surface area contributed by atoms with Gasteiger partial charge < -0.3 is 4.98 Å². The first-order chi connectivity index (χ1) is 11.3. The van der Waals surface area contributed by atoms with Gasteiger partial charge in [0, 0.05) is 5.56 Å². The quantitative estimate of drug-likeness (QED) is 0.676. The number of rotatable bonds is 2. The fourth-order valence-electron chi connectivity index (χ4n) is 2.30. The molecule has 1 aromatic heterocycles. The maximum Gasteiger partial charge on any atom is 0.269 e. The number of hydrogen-bond donors (Lipinski definition) is 1. The number of guanidine groups is 1. The van der Waals surface area contributed by atoms with Gasteiger partial charge in [0.1, 0.15) is 5.56 Å². The Morgan fingerprint density at radius 1 is 1.26 bits per heavy atom. The van der Waals surface area contributed by atoms with Crippen molar-refractivity contribution in [1.29, 1.82) is 0 Å². The molecule has 0 saturated carbocycles. The SMILES string of the molecule is CSc1nc2c(c(=O)[nH]1)C=NN1C(=N2)N=NC1c1ccccc1. The van der Waals surface area contributed by atoms with Crippen LogP contribution < -0.4 is 5.56 Å². The maximum absolute atomic E-state index is 12.1. The normalized spacial score (nSPS) is 18.4. The minimum absolute atomic E-state index is 0.276. The largest absolute Gasteiger partial charge is 0.301 e. The Morgan fingerprint density at radius 2 is 2.09 bits per heavy atom. The van der Waals surface area contributed by atoms with E-state index < -0.39 is 0 Å². The molecule has 1 unspecified atom stereocenters. The van der Waals surface area contributed by atoms with Crippen molar-refractivity contribution in [1.82, 2.24) is 15.0 Å². The first-order valence-electron chi connectivity index (χ1n) is 6.82. The molecule has 9 heteroatoms. The molecule has 1 atom stereocenters. The molecule has 8 nitrogen and oxygen atoms in total. The van der Waals surface area contributed by atoms with Crippen LogP contribution in [-0.2, 0) is 0 Å². The molecule has 2 aliphatic rings. The molecule has 0 amide bonds. The van der Waals surface area contributed by atoms with Crippen molar-refractivity contribution in [2.24, 2.45) is 20.3 Å². The summed E-state index contributed by atoms with van der Waals surface area (Å²) in [5.74, 6) is 0.617. The monoisotopic (exact) mass is 325 g/mol. The second-order valence-electron chi connectivity index (χ2n) is 4.81. The first kappa shape index (κ1) is 13.8. The van der Waals surface area contributed by atoms with Gasteiger partial charge in [-0.1, -0.05) is 42.1 Å². The number of aromatic amines is 1. The molecule has 1 aromatic carbocycles. The molecule has 114 valence electrons. The van der Waals surface area contributed by atoms with E-state index in [1.807, 2.05) is 36.6 Å². The molecule has 0 saturated heterocycles.